The number of benzene rings is 1. The van der Waals surface area contributed by atoms with Crippen LogP contribution in [0.5, 0.6) is 0 Å². The lowest BCUT2D eigenvalue weighted by atomic mass is 10.2. The lowest BCUT2D eigenvalue weighted by Crippen LogP contribution is -2.21. The van der Waals surface area contributed by atoms with E-state index < -0.39 is 0 Å². The van der Waals surface area contributed by atoms with E-state index in [0.717, 1.165) is 24.5 Å². The highest BCUT2D eigenvalue weighted by atomic mass is 35.5. The van der Waals surface area contributed by atoms with E-state index in [9.17, 15) is 0 Å². The maximum atomic E-state index is 8.40. The molecule has 17 heavy (non-hydrogen) atoms. The van der Waals surface area contributed by atoms with Gasteiger partial charge in [-0.3, -0.25) is 0 Å². The predicted octanol–water partition coefficient (Wildman–Crippen LogP) is 2.30. The SMILES string of the molecule is CN(CCCC(N)=NO)Cc1ccc(Cl)cc1. The molecule has 1 aromatic rings. The van der Waals surface area contributed by atoms with Crippen molar-refractivity contribution in [1.29, 1.82) is 0 Å². The van der Waals surface area contributed by atoms with Gasteiger partial charge in [-0.25, -0.2) is 0 Å². The maximum absolute atomic E-state index is 8.40. The highest BCUT2D eigenvalue weighted by molar-refractivity contribution is 6.30. The molecule has 1 rings (SSSR count). The molecule has 0 aliphatic carbocycles. The molecule has 4 nitrogen and oxygen atoms in total. The second kappa shape index (κ2) is 7.14. The van der Waals surface area contributed by atoms with Gasteiger partial charge < -0.3 is 15.8 Å². The van der Waals surface area contributed by atoms with Crippen molar-refractivity contribution in [2.75, 3.05) is 13.6 Å². The molecule has 0 radical (unpaired) electrons. The van der Waals surface area contributed by atoms with Crippen LogP contribution in [0, 0.1) is 0 Å². The minimum absolute atomic E-state index is 0.282. The third-order valence-corrected chi connectivity index (χ3v) is 2.72. The number of nitrogens with zero attached hydrogens (tertiary/aromatic N) is 2. The van der Waals surface area contributed by atoms with Gasteiger partial charge >= 0.3 is 0 Å². The van der Waals surface area contributed by atoms with Crippen molar-refractivity contribution in [3.8, 4) is 0 Å². The number of hydrogen-bond acceptors (Lipinski definition) is 3. The normalized spacial score (nSPS) is 12.1. The molecule has 0 spiro atoms. The second-order valence-electron chi connectivity index (χ2n) is 4.06. The fourth-order valence-electron chi connectivity index (χ4n) is 1.56. The summed E-state index contributed by atoms with van der Waals surface area (Å²) in [4.78, 5) is 2.19. The topological polar surface area (TPSA) is 61.8 Å². The average molecular weight is 256 g/mol. The van der Waals surface area contributed by atoms with Crippen LogP contribution in [0.25, 0.3) is 0 Å². The van der Waals surface area contributed by atoms with Crippen LogP contribution in [0.15, 0.2) is 29.4 Å². The highest BCUT2D eigenvalue weighted by Gasteiger charge is 2.01. The molecule has 3 N–H and O–H groups in total. The van der Waals surface area contributed by atoms with Crippen molar-refractivity contribution in [1.82, 2.24) is 4.90 Å². The summed E-state index contributed by atoms with van der Waals surface area (Å²) in [5.74, 6) is 0.282. The van der Waals surface area contributed by atoms with Crippen molar-refractivity contribution < 1.29 is 5.21 Å². The third kappa shape index (κ3) is 5.56. The minimum Gasteiger partial charge on any atom is -0.409 e. The van der Waals surface area contributed by atoms with E-state index in [0.29, 0.717) is 6.42 Å². The van der Waals surface area contributed by atoms with E-state index in [-0.39, 0.29) is 5.84 Å². The van der Waals surface area contributed by atoms with Gasteiger partial charge in [-0.1, -0.05) is 28.9 Å². The monoisotopic (exact) mass is 255 g/mol. The van der Waals surface area contributed by atoms with Gasteiger partial charge in [0, 0.05) is 18.0 Å². The number of rotatable bonds is 6. The molecular formula is C12H18ClN3O. The van der Waals surface area contributed by atoms with Crippen LogP contribution in [-0.4, -0.2) is 29.5 Å². The number of amidine groups is 1. The number of halogens is 1. The second-order valence-corrected chi connectivity index (χ2v) is 4.50. The van der Waals surface area contributed by atoms with Crippen molar-refractivity contribution in [3.63, 3.8) is 0 Å². The molecule has 1 aromatic carbocycles. The third-order valence-electron chi connectivity index (χ3n) is 2.47. The van der Waals surface area contributed by atoms with Gasteiger partial charge in [0.05, 0.1) is 0 Å². The van der Waals surface area contributed by atoms with Crippen molar-refractivity contribution in [2.24, 2.45) is 10.9 Å². The van der Waals surface area contributed by atoms with Crippen molar-refractivity contribution in [2.45, 2.75) is 19.4 Å². The molecule has 0 heterocycles. The summed E-state index contributed by atoms with van der Waals surface area (Å²) in [6.07, 6.45) is 1.49. The Balaban J connectivity index is 2.29. The van der Waals surface area contributed by atoms with E-state index in [2.05, 4.69) is 10.1 Å². The molecule has 0 saturated carbocycles. The first-order chi connectivity index (χ1) is 8.11. The van der Waals surface area contributed by atoms with Gasteiger partial charge in [0.15, 0.2) is 0 Å². The smallest absolute Gasteiger partial charge is 0.139 e. The van der Waals surface area contributed by atoms with E-state index in [1.54, 1.807) is 0 Å². The van der Waals surface area contributed by atoms with E-state index >= 15 is 0 Å². The Morgan fingerprint density at radius 3 is 2.65 bits per heavy atom. The summed E-state index contributed by atoms with van der Waals surface area (Å²) in [7, 11) is 2.04. The highest BCUT2D eigenvalue weighted by Crippen LogP contribution is 2.11. The first-order valence-electron chi connectivity index (χ1n) is 5.51. The molecular weight excluding hydrogens is 238 g/mol. The Labute approximate surface area is 107 Å². The first-order valence-corrected chi connectivity index (χ1v) is 5.89. The zero-order valence-electron chi connectivity index (χ0n) is 9.93. The first kappa shape index (κ1) is 13.8. The summed E-state index contributed by atoms with van der Waals surface area (Å²) in [6, 6.07) is 7.81. The van der Waals surface area contributed by atoms with Crippen LogP contribution >= 0.6 is 11.6 Å². The molecule has 0 bridgehead atoms. The molecule has 0 amide bonds. The standard InChI is InChI=1S/C12H18ClN3O/c1-16(8-2-3-12(14)15-17)9-10-4-6-11(13)7-5-10/h4-7,17H,2-3,8-9H2,1H3,(H2,14,15). The predicted molar refractivity (Wildman–Crippen MR) is 70.4 cm³/mol. The molecule has 0 unspecified atom stereocenters. The Kier molecular flexibility index (Phi) is 5.80. The summed E-state index contributed by atoms with van der Waals surface area (Å²) >= 11 is 5.82. The summed E-state index contributed by atoms with van der Waals surface area (Å²) < 4.78 is 0. The number of nitrogens with two attached hydrogens (primary N) is 1. The largest absolute Gasteiger partial charge is 0.409 e. The fourth-order valence-corrected chi connectivity index (χ4v) is 1.69. The molecule has 0 aromatic heterocycles. The van der Waals surface area contributed by atoms with E-state index in [1.165, 1.54) is 5.56 Å². The Morgan fingerprint density at radius 2 is 2.06 bits per heavy atom. The molecule has 0 saturated heterocycles. The van der Waals surface area contributed by atoms with Crippen LogP contribution in [0.4, 0.5) is 0 Å². The van der Waals surface area contributed by atoms with Gasteiger partial charge in [0.25, 0.3) is 0 Å². The Morgan fingerprint density at radius 1 is 1.41 bits per heavy atom. The maximum Gasteiger partial charge on any atom is 0.139 e. The van der Waals surface area contributed by atoms with Gasteiger partial charge in [0.2, 0.25) is 0 Å². The van der Waals surface area contributed by atoms with Gasteiger partial charge in [-0.2, -0.15) is 0 Å². The zero-order valence-corrected chi connectivity index (χ0v) is 10.7. The quantitative estimate of drug-likeness (QED) is 0.355. The lowest BCUT2D eigenvalue weighted by molar-refractivity contribution is 0.311. The molecule has 0 atom stereocenters. The molecule has 5 heteroatoms. The number of hydrogen-bond donors (Lipinski definition) is 2. The fraction of sp³-hybridized carbons (Fsp3) is 0.417. The summed E-state index contributed by atoms with van der Waals surface area (Å²) in [5.41, 5.74) is 6.62. The van der Waals surface area contributed by atoms with Crippen LogP contribution in [0.3, 0.4) is 0 Å². The van der Waals surface area contributed by atoms with Crippen molar-refractivity contribution >= 4 is 17.4 Å². The minimum atomic E-state index is 0.282. The van der Waals surface area contributed by atoms with Gasteiger partial charge in [0.1, 0.15) is 5.84 Å². The van der Waals surface area contributed by atoms with Crippen LogP contribution < -0.4 is 5.73 Å². The summed E-state index contributed by atoms with van der Waals surface area (Å²) in [6.45, 7) is 1.77. The molecule has 0 aliphatic rings. The van der Waals surface area contributed by atoms with Gasteiger partial charge in [-0.15, -0.1) is 0 Å². The van der Waals surface area contributed by atoms with Crippen LogP contribution in [0.2, 0.25) is 5.02 Å². The van der Waals surface area contributed by atoms with Gasteiger partial charge in [-0.05, 0) is 37.7 Å². The Hall–Kier alpha value is -1.26. The molecule has 0 fully saturated rings. The molecule has 0 aliphatic heterocycles. The molecule has 94 valence electrons. The Bertz CT molecular complexity index is 365. The lowest BCUT2D eigenvalue weighted by Gasteiger charge is -2.16. The van der Waals surface area contributed by atoms with Crippen LogP contribution in [0.1, 0.15) is 18.4 Å². The average Bonchev–Trinajstić information content (AvgIpc) is 2.32. The van der Waals surface area contributed by atoms with E-state index in [4.69, 9.17) is 22.5 Å². The zero-order chi connectivity index (χ0) is 12.7. The summed E-state index contributed by atoms with van der Waals surface area (Å²) in [5, 5.41) is 12.1. The van der Waals surface area contributed by atoms with E-state index in [1.807, 2.05) is 31.3 Å². The van der Waals surface area contributed by atoms with Crippen molar-refractivity contribution in [3.05, 3.63) is 34.9 Å². The number of oxime groups is 1. The van der Waals surface area contributed by atoms with Crippen LogP contribution in [-0.2, 0) is 6.54 Å².